The summed E-state index contributed by atoms with van der Waals surface area (Å²) in [4.78, 5) is 0. The summed E-state index contributed by atoms with van der Waals surface area (Å²) >= 11 is -2.83. The Hall–Kier alpha value is 0.618. The molecule has 0 aliphatic rings. The van der Waals surface area contributed by atoms with E-state index in [4.69, 9.17) is 0 Å². The molecule has 122 valence electrons. The number of hydrogen-bond acceptors (Lipinski definition) is 1. The zero-order chi connectivity index (χ0) is 15.1. The molecule has 0 fully saturated rings. The van der Waals surface area contributed by atoms with Gasteiger partial charge in [-0.3, -0.25) is 0 Å². The molecule has 1 nitrogen and oxygen atoms in total. The molecule has 0 rings (SSSR count). The van der Waals surface area contributed by atoms with E-state index >= 15 is 0 Å². The Morgan fingerprint density at radius 3 is 1.05 bits per heavy atom. The van der Waals surface area contributed by atoms with Gasteiger partial charge in [-0.2, -0.15) is 0 Å². The van der Waals surface area contributed by atoms with Crippen LogP contribution >= 0.6 is 0 Å². The molecule has 0 heterocycles. The maximum atomic E-state index is 13.2. The van der Waals surface area contributed by atoms with E-state index in [1.165, 1.54) is 77.0 Å². The van der Waals surface area contributed by atoms with E-state index in [9.17, 15) is 3.02 Å². The first-order valence-electron chi connectivity index (χ1n) is 9.25. The zero-order valence-corrected chi connectivity index (χ0v) is 17.0. The van der Waals surface area contributed by atoms with Crippen molar-refractivity contribution in [1.29, 1.82) is 0 Å². The molecular weight excluding hydrogens is 354 g/mol. The molecular formula is C18H39OSb. The van der Waals surface area contributed by atoms with Gasteiger partial charge >= 0.3 is 133 Å². The fraction of sp³-hybridized carbons (Fsp3) is 1.00. The van der Waals surface area contributed by atoms with Gasteiger partial charge in [0.15, 0.2) is 0 Å². The first-order valence-corrected chi connectivity index (χ1v) is 15.7. The molecule has 0 amide bonds. The molecule has 20 heavy (non-hydrogen) atoms. The third kappa shape index (κ3) is 12.4. The molecule has 0 radical (unpaired) electrons. The predicted molar refractivity (Wildman–Crippen MR) is 93.3 cm³/mol. The molecule has 0 saturated heterocycles. The average Bonchev–Trinajstić information content (AvgIpc) is 2.45. The quantitative estimate of drug-likeness (QED) is 0.214. The van der Waals surface area contributed by atoms with Crippen LogP contribution in [0.3, 0.4) is 0 Å². The molecule has 0 bridgehead atoms. The Morgan fingerprint density at radius 1 is 0.500 bits per heavy atom. The van der Waals surface area contributed by atoms with E-state index in [1.54, 1.807) is 0 Å². The molecule has 0 spiro atoms. The molecule has 0 aliphatic heterocycles. The van der Waals surface area contributed by atoms with Gasteiger partial charge in [0.05, 0.1) is 0 Å². The van der Waals surface area contributed by atoms with Crippen molar-refractivity contribution in [2.45, 2.75) is 111 Å². The molecule has 0 aliphatic carbocycles. The van der Waals surface area contributed by atoms with Crippen LogP contribution in [0.5, 0.6) is 0 Å². The van der Waals surface area contributed by atoms with Crippen LogP contribution < -0.4 is 0 Å². The summed E-state index contributed by atoms with van der Waals surface area (Å²) in [7, 11) is 0. The van der Waals surface area contributed by atoms with Crippen molar-refractivity contribution in [2.24, 2.45) is 0 Å². The molecule has 0 aromatic rings. The summed E-state index contributed by atoms with van der Waals surface area (Å²) in [6.45, 7) is 6.76. The van der Waals surface area contributed by atoms with Gasteiger partial charge in [-0.25, -0.2) is 0 Å². The molecule has 2 heteroatoms. The van der Waals surface area contributed by atoms with Gasteiger partial charge in [-0.1, -0.05) is 0 Å². The van der Waals surface area contributed by atoms with Crippen molar-refractivity contribution < 1.29 is 3.02 Å². The standard InChI is InChI=1S/3C6H13.O.Sb/c3*1-3-5-6-4-2;;/h3*1,3-6H2,2H3;;. The van der Waals surface area contributed by atoms with Gasteiger partial charge in [0, 0.05) is 0 Å². The van der Waals surface area contributed by atoms with Crippen LogP contribution in [0.2, 0.25) is 13.1 Å². The summed E-state index contributed by atoms with van der Waals surface area (Å²) in [5, 5.41) is 0. The van der Waals surface area contributed by atoms with Crippen molar-refractivity contribution in [3.8, 4) is 0 Å². The second-order valence-corrected chi connectivity index (χ2v) is 16.3. The summed E-state index contributed by atoms with van der Waals surface area (Å²) in [5.41, 5.74) is 0. The van der Waals surface area contributed by atoms with Crippen LogP contribution in [0.4, 0.5) is 0 Å². The fourth-order valence-electron chi connectivity index (χ4n) is 2.82. The normalized spacial score (nSPS) is 11.9. The van der Waals surface area contributed by atoms with Gasteiger partial charge in [-0.15, -0.1) is 0 Å². The number of unbranched alkanes of at least 4 members (excludes halogenated alkanes) is 9. The number of hydrogen-bond donors (Lipinski definition) is 0. The monoisotopic (exact) mass is 392 g/mol. The third-order valence-corrected chi connectivity index (χ3v) is 13.9. The Bertz CT molecular complexity index is 200. The van der Waals surface area contributed by atoms with Crippen molar-refractivity contribution in [2.75, 3.05) is 0 Å². The van der Waals surface area contributed by atoms with E-state index in [0.717, 1.165) is 13.1 Å². The van der Waals surface area contributed by atoms with E-state index in [1.807, 2.05) is 0 Å². The van der Waals surface area contributed by atoms with E-state index < -0.39 is 18.8 Å². The average molecular weight is 393 g/mol. The Labute approximate surface area is 132 Å². The fourth-order valence-corrected chi connectivity index (χ4v) is 11.6. The van der Waals surface area contributed by atoms with Crippen molar-refractivity contribution in [1.82, 2.24) is 0 Å². The number of rotatable bonds is 15. The van der Waals surface area contributed by atoms with Crippen LogP contribution in [-0.4, -0.2) is 18.8 Å². The van der Waals surface area contributed by atoms with Gasteiger partial charge in [0.25, 0.3) is 0 Å². The van der Waals surface area contributed by atoms with Crippen LogP contribution in [-0.2, 0) is 3.02 Å². The Balaban J connectivity index is 4.02. The first-order chi connectivity index (χ1) is 9.68. The SMILES string of the molecule is CCCCC[CH2][Sb](=[O])([CH2]CCCCC)[CH2]CCCCC. The first kappa shape index (κ1) is 20.6. The van der Waals surface area contributed by atoms with Crippen molar-refractivity contribution in [3.63, 3.8) is 0 Å². The molecule has 0 aromatic carbocycles. The molecule has 0 saturated carbocycles. The van der Waals surface area contributed by atoms with Crippen molar-refractivity contribution in [3.05, 3.63) is 0 Å². The minimum atomic E-state index is -2.83. The summed E-state index contributed by atoms with van der Waals surface area (Å²) in [6, 6.07) is 0. The molecule has 0 aromatic heterocycles. The van der Waals surface area contributed by atoms with Gasteiger partial charge in [0.2, 0.25) is 0 Å². The minimum absolute atomic E-state index is 1.12. The second kappa shape index (κ2) is 14.6. The summed E-state index contributed by atoms with van der Waals surface area (Å²) in [5.74, 6) is 0. The Morgan fingerprint density at radius 2 is 0.800 bits per heavy atom. The van der Waals surface area contributed by atoms with Crippen LogP contribution in [0, 0.1) is 0 Å². The van der Waals surface area contributed by atoms with Crippen LogP contribution in [0.15, 0.2) is 0 Å². The van der Waals surface area contributed by atoms with Gasteiger partial charge < -0.3 is 0 Å². The van der Waals surface area contributed by atoms with E-state index in [0.29, 0.717) is 0 Å². The summed E-state index contributed by atoms with van der Waals surface area (Å²) in [6.07, 6.45) is 15.5. The molecule has 0 N–H and O–H groups in total. The predicted octanol–water partition coefficient (Wildman–Crippen LogP) is 7.10. The van der Waals surface area contributed by atoms with Gasteiger partial charge in [-0.05, 0) is 0 Å². The van der Waals surface area contributed by atoms with E-state index in [-0.39, 0.29) is 0 Å². The van der Waals surface area contributed by atoms with Crippen molar-refractivity contribution >= 4 is 18.8 Å². The van der Waals surface area contributed by atoms with E-state index in [2.05, 4.69) is 20.8 Å². The van der Waals surface area contributed by atoms with Gasteiger partial charge in [0.1, 0.15) is 0 Å². The summed E-state index contributed by atoms with van der Waals surface area (Å²) < 4.78 is 16.6. The Kier molecular flexibility index (Phi) is 15.0. The maximum absolute atomic E-state index is 13.2. The topological polar surface area (TPSA) is 17.1 Å². The van der Waals surface area contributed by atoms with Crippen LogP contribution in [0.1, 0.15) is 97.8 Å². The third-order valence-electron chi connectivity index (χ3n) is 4.26. The second-order valence-electron chi connectivity index (χ2n) is 6.41. The zero-order valence-electron chi connectivity index (χ0n) is 14.5. The molecule has 0 unspecified atom stereocenters. The van der Waals surface area contributed by atoms with Crippen LogP contribution in [0.25, 0.3) is 0 Å². The molecule has 0 atom stereocenters.